The van der Waals surface area contributed by atoms with Gasteiger partial charge in [-0.15, -0.1) is 0 Å². The summed E-state index contributed by atoms with van der Waals surface area (Å²) in [5, 5.41) is 7.60. The number of allylic oxidation sites excluding steroid dienone is 1. The van der Waals surface area contributed by atoms with Gasteiger partial charge in [-0.25, -0.2) is 9.18 Å². The van der Waals surface area contributed by atoms with Gasteiger partial charge in [-0.1, -0.05) is 47.2 Å². The van der Waals surface area contributed by atoms with Gasteiger partial charge in [-0.05, 0) is 30.2 Å². The van der Waals surface area contributed by atoms with Gasteiger partial charge in [0.1, 0.15) is 32.4 Å². The third-order valence-corrected chi connectivity index (χ3v) is 4.10. The van der Waals surface area contributed by atoms with Gasteiger partial charge in [-0.3, -0.25) is 10.3 Å². The second-order valence-corrected chi connectivity index (χ2v) is 6.25. The van der Waals surface area contributed by atoms with Crippen molar-refractivity contribution in [1.82, 2.24) is 5.48 Å². The van der Waals surface area contributed by atoms with Crippen LogP contribution in [-0.2, 0) is 30.7 Å². The highest BCUT2D eigenvalue weighted by Crippen LogP contribution is 2.16. The summed E-state index contributed by atoms with van der Waals surface area (Å²) in [6.07, 6.45) is 0. The average Bonchev–Trinajstić information content (AvgIpc) is 2.76. The summed E-state index contributed by atoms with van der Waals surface area (Å²) >= 11 is 0. The Balaban J connectivity index is 2.17. The van der Waals surface area contributed by atoms with Gasteiger partial charge in [0.25, 0.3) is 0 Å². The highest BCUT2D eigenvalue weighted by Gasteiger charge is 2.20. The third kappa shape index (κ3) is 6.13. The molecule has 0 unspecified atom stereocenters. The maximum atomic E-state index is 14.4. The van der Waals surface area contributed by atoms with E-state index >= 15 is 0 Å². The van der Waals surface area contributed by atoms with Gasteiger partial charge < -0.3 is 14.4 Å². The van der Waals surface area contributed by atoms with Crippen LogP contribution in [-0.4, -0.2) is 38.7 Å². The molecule has 0 aliphatic carbocycles. The van der Waals surface area contributed by atoms with E-state index in [0.29, 0.717) is 11.1 Å². The maximum absolute atomic E-state index is 14.4. The van der Waals surface area contributed by atoms with Crippen molar-refractivity contribution in [3.63, 3.8) is 0 Å². The highest BCUT2D eigenvalue weighted by atomic mass is 19.1. The Hall–Kier alpha value is -3.72. The molecule has 9 heteroatoms. The number of ether oxygens (including phenoxy) is 1. The molecule has 0 radical (unpaired) electrons. The number of nitrogens with one attached hydrogen (secondary N) is 1. The third-order valence-electron chi connectivity index (χ3n) is 4.10. The van der Waals surface area contributed by atoms with Crippen molar-refractivity contribution in [2.24, 2.45) is 10.3 Å². The Bertz CT molecular complexity index is 1000. The number of halogens is 1. The van der Waals surface area contributed by atoms with Crippen LogP contribution in [0.15, 0.2) is 65.1 Å². The highest BCUT2D eigenvalue weighted by molar-refractivity contribution is 6.43. The summed E-state index contributed by atoms with van der Waals surface area (Å²) in [5.41, 5.74) is 5.02. The standard InChI is InChI=1S/C22H24FN3O5/c1-14-10-11-18(19(23)12-14)20(25-29-4)15(2)24-31-13-16-8-6-7-9-17(16)21(26-30-5)22(27)28-3/h6-12,24H,2,13H2,1,3-5H3. The number of nitrogens with zero attached hydrogens (tertiary/aromatic N) is 2. The smallest absolute Gasteiger partial charge is 0.360 e. The number of methoxy groups -OCH3 is 1. The minimum absolute atomic E-state index is 0.00797. The van der Waals surface area contributed by atoms with E-state index in [9.17, 15) is 9.18 Å². The second-order valence-electron chi connectivity index (χ2n) is 6.25. The molecule has 164 valence electrons. The van der Waals surface area contributed by atoms with Gasteiger partial charge in [0.2, 0.25) is 0 Å². The van der Waals surface area contributed by atoms with Gasteiger partial charge in [0.05, 0.1) is 12.8 Å². The molecule has 2 rings (SSSR count). The van der Waals surface area contributed by atoms with Crippen LogP contribution in [0, 0.1) is 12.7 Å². The minimum Gasteiger partial charge on any atom is -0.464 e. The van der Waals surface area contributed by atoms with Crippen LogP contribution in [0.3, 0.4) is 0 Å². The predicted octanol–water partition coefficient (Wildman–Crippen LogP) is 3.24. The number of hydroxylamine groups is 1. The van der Waals surface area contributed by atoms with Crippen molar-refractivity contribution in [2.45, 2.75) is 13.5 Å². The zero-order chi connectivity index (χ0) is 22.8. The molecular formula is C22H24FN3O5. The van der Waals surface area contributed by atoms with Crippen LogP contribution in [0.2, 0.25) is 0 Å². The van der Waals surface area contributed by atoms with Crippen LogP contribution >= 0.6 is 0 Å². The van der Waals surface area contributed by atoms with Crippen molar-refractivity contribution in [3.8, 4) is 0 Å². The number of benzene rings is 2. The van der Waals surface area contributed by atoms with Crippen LogP contribution < -0.4 is 5.48 Å². The fraction of sp³-hybridized carbons (Fsp3) is 0.227. The molecule has 0 spiro atoms. The van der Waals surface area contributed by atoms with Gasteiger partial charge >= 0.3 is 5.97 Å². The first-order chi connectivity index (χ1) is 14.9. The topological polar surface area (TPSA) is 90.7 Å². The summed E-state index contributed by atoms with van der Waals surface area (Å²) in [5.74, 6) is -1.13. The number of rotatable bonds is 10. The van der Waals surface area contributed by atoms with E-state index in [2.05, 4.69) is 22.4 Å². The van der Waals surface area contributed by atoms with E-state index in [-0.39, 0.29) is 29.3 Å². The fourth-order valence-electron chi connectivity index (χ4n) is 2.68. The Kier molecular flexibility index (Phi) is 8.71. The van der Waals surface area contributed by atoms with Gasteiger partial charge in [-0.2, -0.15) is 0 Å². The van der Waals surface area contributed by atoms with Crippen molar-refractivity contribution >= 4 is 17.4 Å². The zero-order valence-electron chi connectivity index (χ0n) is 17.8. The number of hydrogen-bond donors (Lipinski definition) is 1. The van der Waals surface area contributed by atoms with Crippen molar-refractivity contribution < 1.29 is 28.4 Å². The fourth-order valence-corrected chi connectivity index (χ4v) is 2.68. The first kappa shape index (κ1) is 23.6. The lowest BCUT2D eigenvalue weighted by Gasteiger charge is -2.14. The minimum atomic E-state index is -0.656. The molecule has 31 heavy (non-hydrogen) atoms. The number of hydrogen-bond acceptors (Lipinski definition) is 8. The Morgan fingerprint density at radius 1 is 1.03 bits per heavy atom. The van der Waals surface area contributed by atoms with Crippen LogP contribution in [0.5, 0.6) is 0 Å². The molecule has 0 saturated heterocycles. The molecule has 0 atom stereocenters. The Morgan fingerprint density at radius 3 is 2.35 bits per heavy atom. The number of carbonyl (C=O) groups is 1. The van der Waals surface area contributed by atoms with E-state index in [1.165, 1.54) is 27.4 Å². The SMILES string of the molecule is C=C(NOCc1ccccc1C(=NOC)C(=O)OC)C(=NOC)c1ccc(C)cc1F. The normalized spacial score (nSPS) is 11.6. The molecule has 0 bridgehead atoms. The molecule has 0 aliphatic heterocycles. The van der Waals surface area contributed by atoms with E-state index in [1.54, 1.807) is 43.3 Å². The van der Waals surface area contributed by atoms with Crippen molar-refractivity contribution in [3.05, 3.63) is 82.8 Å². The predicted molar refractivity (Wildman–Crippen MR) is 114 cm³/mol. The molecule has 2 aromatic rings. The summed E-state index contributed by atoms with van der Waals surface area (Å²) in [4.78, 5) is 27.1. The first-order valence-electron chi connectivity index (χ1n) is 9.15. The molecule has 0 aromatic heterocycles. The molecule has 0 amide bonds. The lowest BCUT2D eigenvalue weighted by atomic mass is 10.0. The number of esters is 1. The number of oxime groups is 2. The summed E-state index contributed by atoms with van der Waals surface area (Å²) in [6, 6.07) is 11.7. The molecule has 2 aromatic carbocycles. The monoisotopic (exact) mass is 429 g/mol. The van der Waals surface area contributed by atoms with Gasteiger partial charge in [0.15, 0.2) is 5.71 Å². The summed E-state index contributed by atoms with van der Waals surface area (Å²) < 4.78 is 19.1. The lowest BCUT2D eigenvalue weighted by Crippen LogP contribution is -2.23. The second kappa shape index (κ2) is 11.5. The first-order valence-corrected chi connectivity index (χ1v) is 9.15. The van der Waals surface area contributed by atoms with E-state index in [4.69, 9.17) is 19.2 Å². The van der Waals surface area contributed by atoms with Crippen molar-refractivity contribution in [2.75, 3.05) is 21.3 Å². The molecule has 1 N–H and O–H groups in total. The van der Waals surface area contributed by atoms with Crippen LogP contribution in [0.1, 0.15) is 22.3 Å². The molecule has 0 heterocycles. The quantitative estimate of drug-likeness (QED) is 0.354. The number of aryl methyl sites for hydroxylation is 1. The average molecular weight is 429 g/mol. The Morgan fingerprint density at radius 2 is 1.71 bits per heavy atom. The molecular weight excluding hydrogens is 405 g/mol. The van der Waals surface area contributed by atoms with Crippen LogP contribution in [0.25, 0.3) is 0 Å². The van der Waals surface area contributed by atoms with Crippen LogP contribution in [0.4, 0.5) is 4.39 Å². The molecule has 8 nitrogen and oxygen atoms in total. The molecule has 0 fully saturated rings. The molecule has 0 aliphatic rings. The number of carbonyl (C=O) groups excluding carboxylic acids is 1. The largest absolute Gasteiger partial charge is 0.464 e. The van der Waals surface area contributed by atoms with Crippen molar-refractivity contribution in [1.29, 1.82) is 0 Å². The van der Waals surface area contributed by atoms with E-state index in [1.807, 2.05) is 0 Å². The summed E-state index contributed by atoms with van der Waals surface area (Å²) in [6.45, 7) is 5.64. The Labute approximate surface area is 179 Å². The maximum Gasteiger partial charge on any atom is 0.360 e. The lowest BCUT2D eigenvalue weighted by molar-refractivity contribution is -0.132. The summed E-state index contributed by atoms with van der Waals surface area (Å²) in [7, 11) is 3.92. The van der Waals surface area contributed by atoms with E-state index in [0.717, 1.165) is 5.56 Å². The zero-order valence-corrected chi connectivity index (χ0v) is 17.8. The van der Waals surface area contributed by atoms with E-state index < -0.39 is 11.8 Å². The molecule has 0 saturated carbocycles. The van der Waals surface area contributed by atoms with Gasteiger partial charge in [0, 0.05) is 11.1 Å².